The van der Waals surface area contributed by atoms with E-state index in [-0.39, 0.29) is 0 Å². The summed E-state index contributed by atoms with van der Waals surface area (Å²) in [4.78, 5) is 7.21. The Morgan fingerprint density at radius 3 is 2.44 bits per heavy atom. The van der Waals surface area contributed by atoms with Crippen molar-refractivity contribution in [3.05, 3.63) is 29.8 Å². The zero-order valence-corrected chi connectivity index (χ0v) is 16.2. The maximum atomic E-state index is 10.7. The molecule has 25 heavy (non-hydrogen) atoms. The lowest BCUT2D eigenvalue weighted by Crippen LogP contribution is -2.42. The number of nitrogens with zero attached hydrogens (tertiary/aromatic N) is 3. The zero-order valence-electron chi connectivity index (χ0n) is 16.2. The summed E-state index contributed by atoms with van der Waals surface area (Å²) in [6.45, 7) is 4.04. The van der Waals surface area contributed by atoms with Crippen LogP contribution in [0.4, 0.5) is 5.69 Å². The molecule has 0 radical (unpaired) electrons. The Morgan fingerprint density at radius 1 is 1.12 bits per heavy atom. The van der Waals surface area contributed by atoms with Gasteiger partial charge < -0.3 is 14.9 Å². The molecule has 140 valence electrons. The van der Waals surface area contributed by atoms with Gasteiger partial charge in [0.15, 0.2) is 0 Å². The molecule has 1 aliphatic heterocycles. The van der Waals surface area contributed by atoms with Gasteiger partial charge in [-0.3, -0.25) is 4.90 Å². The molecule has 0 bridgehead atoms. The Labute approximate surface area is 153 Å². The summed E-state index contributed by atoms with van der Waals surface area (Å²) in [5.41, 5.74) is 2.25. The molecule has 0 unspecified atom stereocenters. The van der Waals surface area contributed by atoms with Crippen molar-refractivity contribution in [1.29, 1.82) is 0 Å². The van der Waals surface area contributed by atoms with Crippen molar-refractivity contribution >= 4 is 5.69 Å². The number of hydrogen-bond donors (Lipinski definition) is 1. The summed E-state index contributed by atoms with van der Waals surface area (Å²) in [7, 11) is 6.61. The highest BCUT2D eigenvalue weighted by Gasteiger charge is 2.32. The lowest BCUT2D eigenvalue weighted by Gasteiger charge is -2.37. The summed E-state index contributed by atoms with van der Waals surface area (Å²) in [6, 6.07) is 9.41. The molecule has 1 aromatic carbocycles. The molecule has 4 heteroatoms. The lowest BCUT2D eigenvalue weighted by atomic mass is 10.0. The SMILES string of the molecule is CN1CCC(N(C)c2ccccc2CN(C)CC2(O)CCCC2)CC1. The molecule has 1 heterocycles. The summed E-state index contributed by atoms with van der Waals surface area (Å²) in [5, 5.41) is 10.7. The fourth-order valence-corrected chi connectivity index (χ4v) is 4.61. The van der Waals surface area contributed by atoms with Gasteiger partial charge in [-0.05, 0) is 64.5 Å². The smallest absolute Gasteiger partial charge is 0.0774 e. The van der Waals surface area contributed by atoms with Gasteiger partial charge in [0.2, 0.25) is 0 Å². The first-order chi connectivity index (χ1) is 12.0. The number of benzene rings is 1. The van der Waals surface area contributed by atoms with Gasteiger partial charge in [0, 0.05) is 31.9 Å². The number of likely N-dealkylation sites (tertiary alicyclic amines) is 1. The lowest BCUT2D eigenvalue weighted by molar-refractivity contribution is 0.0145. The van der Waals surface area contributed by atoms with E-state index in [9.17, 15) is 5.11 Å². The Morgan fingerprint density at radius 2 is 1.76 bits per heavy atom. The van der Waals surface area contributed by atoms with Crippen LogP contribution in [0.1, 0.15) is 44.1 Å². The molecular formula is C21H35N3O. The molecule has 1 aliphatic carbocycles. The minimum Gasteiger partial charge on any atom is -0.389 e. The average molecular weight is 346 g/mol. The number of likely N-dealkylation sites (N-methyl/N-ethyl adjacent to an activating group) is 1. The Bertz CT molecular complexity index is 548. The van der Waals surface area contributed by atoms with Gasteiger partial charge in [-0.25, -0.2) is 0 Å². The number of anilines is 1. The van der Waals surface area contributed by atoms with Crippen LogP contribution in [0.15, 0.2) is 24.3 Å². The van der Waals surface area contributed by atoms with E-state index in [2.05, 4.69) is 60.1 Å². The predicted molar refractivity (Wildman–Crippen MR) is 105 cm³/mol. The summed E-state index contributed by atoms with van der Waals surface area (Å²) < 4.78 is 0. The monoisotopic (exact) mass is 345 g/mol. The van der Waals surface area contributed by atoms with Crippen molar-refractivity contribution in [2.75, 3.05) is 45.7 Å². The van der Waals surface area contributed by atoms with Crippen LogP contribution in [0, 0.1) is 0 Å². The molecule has 2 aliphatic rings. The number of para-hydroxylation sites is 1. The molecule has 1 saturated heterocycles. The van der Waals surface area contributed by atoms with E-state index >= 15 is 0 Å². The number of rotatable bonds is 6. The topological polar surface area (TPSA) is 30.0 Å². The van der Waals surface area contributed by atoms with Crippen molar-refractivity contribution < 1.29 is 5.11 Å². The molecule has 1 saturated carbocycles. The highest BCUT2D eigenvalue weighted by atomic mass is 16.3. The van der Waals surface area contributed by atoms with E-state index < -0.39 is 5.60 Å². The van der Waals surface area contributed by atoms with Crippen LogP contribution < -0.4 is 4.90 Å². The van der Waals surface area contributed by atoms with Gasteiger partial charge in [0.05, 0.1) is 5.60 Å². The van der Waals surface area contributed by atoms with Gasteiger partial charge in [-0.15, -0.1) is 0 Å². The van der Waals surface area contributed by atoms with E-state index in [1.165, 1.54) is 50.0 Å². The standard InChI is InChI=1S/C21H35N3O/c1-22-14-10-19(11-15-22)24(3)20-9-5-4-8-18(20)16-23(2)17-21(25)12-6-7-13-21/h4-5,8-9,19,25H,6-7,10-17H2,1-3H3. The molecule has 0 atom stereocenters. The molecule has 1 aromatic rings. The molecular weight excluding hydrogens is 310 g/mol. The highest BCUT2D eigenvalue weighted by molar-refractivity contribution is 5.54. The van der Waals surface area contributed by atoms with E-state index in [1.54, 1.807) is 0 Å². The third-order valence-electron chi connectivity index (χ3n) is 6.15. The van der Waals surface area contributed by atoms with E-state index in [4.69, 9.17) is 0 Å². The number of piperidine rings is 1. The first-order valence-electron chi connectivity index (χ1n) is 9.87. The van der Waals surface area contributed by atoms with Gasteiger partial charge >= 0.3 is 0 Å². The first-order valence-corrected chi connectivity index (χ1v) is 9.87. The molecule has 4 nitrogen and oxygen atoms in total. The van der Waals surface area contributed by atoms with Crippen LogP contribution in [-0.4, -0.2) is 67.3 Å². The van der Waals surface area contributed by atoms with Crippen molar-refractivity contribution in [3.8, 4) is 0 Å². The number of hydrogen-bond acceptors (Lipinski definition) is 4. The van der Waals surface area contributed by atoms with Gasteiger partial charge in [0.25, 0.3) is 0 Å². The first kappa shape index (κ1) is 18.7. The maximum absolute atomic E-state index is 10.7. The van der Waals surface area contributed by atoms with Crippen molar-refractivity contribution in [1.82, 2.24) is 9.80 Å². The van der Waals surface area contributed by atoms with E-state index in [0.29, 0.717) is 6.04 Å². The fraction of sp³-hybridized carbons (Fsp3) is 0.714. The van der Waals surface area contributed by atoms with Crippen LogP contribution in [0.25, 0.3) is 0 Å². The normalized spacial score (nSPS) is 21.8. The van der Waals surface area contributed by atoms with Crippen LogP contribution in [0.5, 0.6) is 0 Å². The molecule has 0 amide bonds. The second-order valence-electron chi connectivity index (χ2n) is 8.38. The van der Waals surface area contributed by atoms with Gasteiger partial charge in [-0.1, -0.05) is 31.0 Å². The fourth-order valence-electron chi connectivity index (χ4n) is 4.61. The van der Waals surface area contributed by atoms with Crippen LogP contribution in [0.3, 0.4) is 0 Å². The Kier molecular flexibility index (Phi) is 6.03. The summed E-state index contributed by atoms with van der Waals surface area (Å²) in [6.07, 6.45) is 6.70. The van der Waals surface area contributed by atoms with E-state index in [1.807, 2.05) is 0 Å². The minimum atomic E-state index is -0.469. The second-order valence-corrected chi connectivity index (χ2v) is 8.38. The molecule has 0 aromatic heterocycles. The minimum absolute atomic E-state index is 0.469. The quantitative estimate of drug-likeness (QED) is 0.858. The summed E-state index contributed by atoms with van der Waals surface area (Å²) >= 11 is 0. The average Bonchev–Trinajstić information content (AvgIpc) is 3.01. The van der Waals surface area contributed by atoms with Crippen molar-refractivity contribution in [2.45, 2.75) is 56.7 Å². The summed E-state index contributed by atoms with van der Waals surface area (Å²) in [5.74, 6) is 0. The molecule has 2 fully saturated rings. The Balaban J connectivity index is 1.65. The van der Waals surface area contributed by atoms with Crippen molar-refractivity contribution in [2.24, 2.45) is 0 Å². The highest BCUT2D eigenvalue weighted by Crippen LogP contribution is 2.31. The van der Waals surface area contributed by atoms with Crippen LogP contribution in [0.2, 0.25) is 0 Å². The van der Waals surface area contributed by atoms with Crippen molar-refractivity contribution in [3.63, 3.8) is 0 Å². The predicted octanol–water partition coefficient (Wildman–Crippen LogP) is 2.95. The zero-order chi connectivity index (χ0) is 17.9. The number of aliphatic hydroxyl groups is 1. The Hall–Kier alpha value is -1.10. The largest absolute Gasteiger partial charge is 0.389 e. The van der Waals surface area contributed by atoms with Crippen LogP contribution in [-0.2, 0) is 6.54 Å². The van der Waals surface area contributed by atoms with Gasteiger partial charge in [0.1, 0.15) is 0 Å². The molecule has 0 spiro atoms. The van der Waals surface area contributed by atoms with Gasteiger partial charge in [-0.2, -0.15) is 0 Å². The van der Waals surface area contributed by atoms with E-state index in [0.717, 1.165) is 25.9 Å². The molecule has 3 rings (SSSR count). The molecule has 1 N–H and O–H groups in total. The van der Waals surface area contributed by atoms with Crippen LogP contribution >= 0.6 is 0 Å². The second kappa shape index (κ2) is 8.07. The third-order valence-corrected chi connectivity index (χ3v) is 6.15. The maximum Gasteiger partial charge on any atom is 0.0774 e. The third kappa shape index (κ3) is 4.75.